The van der Waals surface area contributed by atoms with E-state index in [1.165, 1.54) is 12.3 Å². The van der Waals surface area contributed by atoms with Gasteiger partial charge in [-0.3, -0.25) is 9.59 Å². The highest BCUT2D eigenvalue weighted by atomic mass is 16.3. The van der Waals surface area contributed by atoms with E-state index < -0.39 is 0 Å². The Kier molecular flexibility index (Phi) is 5.98. The largest absolute Gasteiger partial charge is 0.459 e. The third-order valence-corrected chi connectivity index (χ3v) is 4.90. The lowest BCUT2D eigenvalue weighted by molar-refractivity contribution is -0.111. The van der Waals surface area contributed by atoms with Gasteiger partial charge in [0, 0.05) is 28.7 Å². The SMILES string of the molecule is Cc1nn(-c2ccccc2)c(C)c1/C=C/C(=O)Nc1ccc(NC(=O)c2ccco2)cc1. The van der Waals surface area contributed by atoms with Gasteiger partial charge >= 0.3 is 0 Å². The van der Waals surface area contributed by atoms with Crippen LogP contribution in [0.15, 0.2) is 83.5 Å². The van der Waals surface area contributed by atoms with Crippen LogP contribution in [0, 0.1) is 13.8 Å². The molecule has 4 rings (SSSR count). The zero-order chi connectivity index (χ0) is 22.5. The summed E-state index contributed by atoms with van der Waals surface area (Å²) in [6.07, 6.45) is 4.69. The smallest absolute Gasteiger partial charge is 0.291 e. The Hall–Kier alpha value is -4.39. The molecule has 0 fully saturated rings. The number of para-hydroxylation sites is 1. The number of aromatic nitrogens is 2. The van der Waals surface area contributed by atoms with Gasteiger partial charge in [0.25, 0.3) is 5.91 Å². The van der Waals surface area contributed by atoms with Gasteiger partial charge in [-0.1, -0.05) is 18.2 Å². The maximum Gasteiger partial charge on any atom is 0.291 e. The molecule has 32 heavy (non-hydrogen) atoms. The molecular formula is C25H22N4O3. The van der Waals surface area contributed by atoms with E-state index in [0.717, 1.165) is 22.6 Å². The quantitative estimate of drug-likeness (QED) is 0.425. The van der Waals surface area contributed by atoms with Crippen molar-refractivity contribution in [2.24, 2.45) is 0 Å². The fraction of sp³-hybridized carbons (Fsp3) is 0.0800. The number of rotatable bonds is 6. The van der Waals surface area contributed by atoms with Crippen LogP contribution in [0.5, 0.6) is 0 Å². The first-order valence-electron chi connectivity index (χ1n) is 10.1. The normalized spacial score (nSPS) is 10.9. The number of furan rings is 1. The van der Waals surface area contributed by atoms with Crippen LogP contribution in [0.3, 0.4) is 0 Å². The predicted octanol–water partition coefficient (Wildman–Crippen LogP) is 4.99. The van der Waals surface area contributed by atoms with Gasteiger partial charge in [-0.2, -0.15) is 5.10 Å². The van der Waals surface area contributed by atoms with E-state index in [2.05, 4.69) is 15.7 Å². The molecule has 0 unspecified atom stereocenters. The number of hydrogen-bond donors (Lipinski definition) is 2. The minimum Gasteiger partial charge on any atom is -0.459 e. The topological polar surface area (TPSA) is 89.2 Å². The van der Waals surface area contributed by atoms with Crippen molar-refractivity contribution in [3.63, 3.8) is 0 Å². The molecule has 0 spiro atoms. The summed E-state index contributed by atoms with van der Waals surface area (Å²) in [6, 6.07) is 19.9. The third-order valence-electron chi connectivity index (χ3n) is 4.90. The van der Waals surface area contributed by atoms with E-state index in [4.69, 9.17) is 4.42 Å². The zero-order valence-electron chi connectivity index (χ0n) is 17.7. The Labute approximate surface area is 185 Å². The zero-order valence-corrected chi connectivity index (χ0v) is 17.7. The number of nitrogens with one attached hydrogen (secondary N) is 2. The van der Waals surface area contributed by atoms with Gasteiger partial charge in [0.2, 0.25) is 5.91 Å². The summed E-state index contributed by atoms with van der Waals surface area (Å²) in [7, 11) is 0. The van der Waals surface area contributed by atoms with E-state index in [-0.39, 0.29) is 17.6 Å². The van der Waals surface area contributed by atoms with E-state index >= 15 is 0 Å². The fourth-order valence-corrected chi connectivity index (χ4v) is 3.30. The number of amides is 2. The summed E-state index contributed by atoms with van der Waals surface area (Å²) < 4.78 is 6.93. The number of benzene rings is 2. The van der Waals surface area contributed by atoms with Gasteiger partial charge < -0.3 is 15.1 Å². The summed E-state index contributed by atoms with van der Waals surface area (Å²) >= 11 is 0. The van der Waals surface area contributed by atoms with Crippen molar-refractivity contribution in [1.29, 1.82) is 0 Å². The van der Waals surface area contributed by atoms with Crippen LogP contribution < -0.4 is 10.6 Å². The molecule has 0 aliphatic carbocycles. The molecule has 160 valence electrons. The number of aryl methyl sites for hydroxylation is 1. The highest BCUT2D eigenvalue weighted by Gasteiger charge is 2.11. The lowest BCUT2D eigenvalue weighted by Crippen LogP contribution is -2.11. The van der Waals surface area contributed by atoms with Crippen LogP contribution in [0.4, 0.5) is 11.4 Å². The number of anilines is 2. The van der Waals surface area contributed by atoms with Gasteiger partial charge in [-0.15, -0.1) is 0 Å². The molecule has 0 aliphatic heterocycles. The molecule has 7 nitrogen and oxygen atoms in total. The molecule has 2 amide bonds. The van der Waals surface area contributed by atoms with Crippen LogP contribution in [-0.2, 0) is 4.79 Å². The Bertz CT molecular complexity index is 1250. The van der Waals surface area contributed by atoms with Crippen LogP contribution in [-0.4, -0.2) is 21.6 Å². The third kappa shape index (κ3) is 4.67. The van der Waals surface area contributed by atoms with Crippen molar-refractivity contribution in [2.45, 2.75) is 13.8 Å². The van der Waals surface area contributed by atoms with Crippen molar-refractivity contribution < 1.29 is 14.0 Å². The predicted molar refractivity (Wildman–Crippen MR) is 124 cm³/mol. The number of carbonyl (C=O) groups is 2. The summed E-state index contributed by atoms with van der Waals surface area (Å²) in [5.41, 5.74) is 4.88. The molecule has 2 heterocycles. The second kappa shape index (κ2) is 9.18. The van der Waals surface area contributed by atoms with Gasteiger partial charge in [-0.05, 0) is 68.5 Å². The average molecular weight is 426 g/mol. The fourth-order valence-electron chi connectivity index (χ4n) is 3.30. The molecular weight excluding hydrogens is 404 g/mol. The summed E-state index contributed by atoms with van der Waals surface area (Å²) in [4.78, 5) is 24.4. The lowest BCUT2D eigenvalue weighted by Gasteiger charge is -2.06. The summed E-state index contributed by atoms with van der Waals surface area (Å²) in [5.74, 6) is -0.367. The van der Waals surface area contributed by atoms with Crippen molar-refractivity contribution in [3.8, 4) is 5.69 Å². The first-order valence-corrected chi connectivity index (χ1v) is 10.1. The minimum absolute atomic E-state index is 0.230. The molecule has 7 heteroatoms. The lowest BCUT2D eigenvalue weighted by atomic mass is 10.2. The highest BCUT2D eigenvalue weighted by Crippen LogP contribution is 2.19. The average Bonchev–Trinajstić information content (AvgIpc) is 3.43. The van der Waals surface area contributed by atoms with Crippen LogP contribution in [0.1, 0.15) is 27.5 Å². The second-order valence-corrected chi connectivity index (χ2v) is 7.16. The molecule has 2 aromatic carbocycles. The number of hydrogen-bond acceptors (Lipinski definition) is 4. The molecule has 2 aromatic heterocycles. The molecule has 4 aromatic rings. The van der Waals surface area contributed by atoms with E-state index in [9.17, 15) is 9.59 Å². The second-order valence-electron chi connectivity index (χ2n) is 7.16. The van der Waals surface area contributed by atoms with Gasteiger partial charge in [-0.25, -0.2) is 4.68 Å². The van der Waals surface area contributed by atoms with Crippen molar-refractivity contribution in [1.82, 2.24) is 9.78 Å². The Balaban J connectivity index is 1.40. The van der Waals surface area contributed by atoms with Crippen molar-refractivity contribution >= 4 is 29.3 Å². The Morgan fingerprint density at radius 3 is 2.25 bits per heavy atom. The first kappa shape index (κ1) is 20.9. The number of carbonyl (C=O) groups excluding carboxylic acids is 2. The molecule has 2 N–H and O–H groups in total. The Morgan fingerprint density at radius 1 is 0.906 bits per heavy atom. The van der Waals surface area contributed by atoms with Gasteiger partial charge in [0.05, 0.1) is 17.6 Å². The summed E-state index contributed by atoms with van der Waals surface area (Å²) in [5, 5.41) is 10.1. The molecule has 0 radical (unpaired) electrons. The maximum atomic E-state index is 12.4. The van der Waals surface area contributed by atoms with Crippen molar-refractivity contribution in [2.75, 3.05) is 10.6 Å². The van der Waals surface area contributed by atoms with Crippen LogP contribution in [0.25, 0.3) is 11.8 Å². The Morgan fingerprint density at radius 2 is 1.59 bits per heavy atom. The van der Waals surface area contributed by atoms with Crippen molar-refractivity contribution in [3.05, 3.63) is 102 Å². The number of nitrogens with zero attached hydrogens (tertiary/aromatic N) is 2. The van der Waals surface area contributed by atoms with Crippen LogP contribution in [0.2, 0.25) is 0 Å². The summed E-state index contributed by atoms with van der Waals surface area (Å²) in [6.45, 7) is 3.89. The highest BCUT2D eigenvalue weighted by molar-refractivity contribution is 6.03. The first-order chi connectivity index (χ1) is 15.5. The standard InChI is InChI=1S/C25H22N4O3/c1-17-22(18(2)29(28-17)21-7-4-3-5-8-21)14-15-24(30)26-19-10-12-20(13-11-19)27-25(31)23-9-6-16-32-23/h3-16H,1-2H3,(H,26,30)(H,27,31)/b15-14+. The molecule has 0 saturated heterocycles. The van der Waals surface area contributed by atoms with E-state index in [0.29, 0.717) is 11.4 Å². The van der Waals surface area contributed by atoms with Gasteiger partial charge in [0.1, 0.15) is 0 Å². The van der Waals surface area contributed by atoms with E-state index in [1.807, 2.05) is 48.9 Å². The van der Waals surface area contributed by atoms with Crippen LogP contribution >= 0.6 is 0 Å². The molecule has 0 saturated carbocycles. The molecule has 0 atom stereocenters. The molecule has 0 bridgehead atoms. The minimum atomic E-state index is -0.337. The maximum absolute atomic E-state index is 12.4. The monoisotopic (exact) mass is 426 g/mol. The van der Waals surface area contributed by atoms with Gasteiger partial charge in [0.15, 0.2) is 5.76 Å². The molecule has 0 aliphatic rings. The van der Waals surface area contributed by atoms with E-state index in [1.54, 1.807) is 42.5 Å².